The standard InChI is InChI=1S/C21H21N3O4S/c1-27-15-7-5-14(6-8-15)22-19(25)13-4-9-17-18(11-13)23-21(29)24(20(17)26)12-16-3-2-10-28-16/h4-9,11,16H,2-3,10,12H2,1H3,(H,22,25)(H,23,29). The van der Waals surface area contributed by atoms with Crippen LogP contribution in [0.4, 0.5) is 5.69 Å². The van der Waals surface area contributed by atoms with E-state index in [0.717, 1.165) is 19.4 Å². The average Bonchev–Trinajstić information content (AvgIpc) is 3.24. The van der Waals surface area contributed by atoms with E-state index < -0.39 is 0 Å². The van der Waals surface area contributed by atoms with Gasteiger partial charge in [-0.2, -0.15) is 0 Å². The van der Waals surface area contributed by atoms with Crippen molar-refractivity contribution in [3.05, 3.63) is 63.2 Å². The van der Waals surface area contributed by atoms with Crippen molar-refractivity contribution in [2.24, 2.45) is 0 Å². The Balaban J connectivity index is 1.60. The van der Waals surface area contributed by atoms with Gasteiger partial charge in [0.25, 0.3) is 11.5 Å². The predicted octanol–water partition coefficient (Wildman–Crippen LogP) is 3.50. The van der Waals surface area contributed by atoms with E-state index in [-0.39, 0.29) is 17.6 Å². The van der Waals surface area contributed by atoms with Gasteiger partial charge in [0.2, 0.25) is 0 Å². The first-order valence-electron chi connectivity index (χ1n) is 9.39. The van der Waals surface area contributed by atoms with Crippen LogP contribution in [0.3, 0.4) is 0 Å². The van der Waals surface area contributed by atoms with Crippen LogP contribution < -0.4 is 15.6 Å². The molecule has 29 heavy (non-hydrogen) atoms. The van der Waals surface area contributed by atoms with Crippen LogP contribution in [0.5, 0.6) is 5.75 Å². The first-order chi connectivity index (χ1) is 14.0. The van der Waals surface area contributed by atoms with Crippen molar-refractivity contribution in [1.29, 1.82) is 0 Å². The zero-order chi connectivity index (χ0) is 20.4. The summed E-state index contributed by atoms with van der Waals surface area (Å²) < 4.78 is 12.6. The molecule has 7 nitrogen and oxygen atoms in total. The smallest absolute Gasteiger partial charge is 0.262 e. The number of anilines is 1. The maximum Gasteiger partial charge on any atom is 0.262 e. The molecule has 1 aliphatic rings. The summed E-state index contributed by atoms with van der Waals surface area (Å²) in [6.07, 6.45) is 1.93. The highest BCUT2D eigenvalue weighted by Crippen LogP contribution is 2.18. The Bertz CT molecular complexity index is 1160. The molecule has 0 spiro atoms. The van der Waals surface area contributed by atoms with E-state index in [1.54, 1.807) is 49.6 Å². The molecule has 0 saturated carbocycles. The third-order valence-electron chi connectivity index (χ3n) is 5.00. The van der Waals surface area contributed by atoms with Crippen molar-refractivity contribution < 1.29 is 14.3 Å². The number of rotatable bonds is 5. The van der Waals surface area contributed by atoms with E-state index in [4.69, 9.17) is 21.7 Å². The molecular weight excluding hydrogens is 390 g/mol. The summed E-state index contributed by atoms with van der Waals surface area (Å²) >= 11 is 5.38. The van der Waals surface area contributed by atoms with Gasteiger partial charge in [0.15, 0.2) is 4.77 Å². The minimum atomic E-state index is -0.278. The fourth-order valence-electron chi connectivity index (χ4n) is 3.43. The van der Waals surface area contributed by atoms with Crippen LogP contribution in [0, 0.1) is 4.77 Å². The number of methoxy groups -OCH3 is 1. The number of H-pyrrole nitrogens is 1. The molecule has 1 fully saturated rings. The van der Waals surface area contributed by atoms with Crippen molar-refractivity contribution in [2.45, 2.75) is 25.5 Å². The number of hydrogen-bond donors (Lipinski definition) is 2. The van der Waals surface area contributed by atoms with Gasteiger partial charge in [0.05, 0.1) is 30.7 Å². The number of carbonyl (C=O) groups is 1. The van der Waals surface area contributed by atoms with Crippen LogP contribution in [0.2, 0.25) is 0 Å². The van der Waals surface area contributed by atoms with Gasteiger partial charge in [-0.3, -0.25) is 14.2 Å². The number of hydrogen-bond acceptors (Lipinski definition) is 5. The average molecular weight is 411 g/mol. The van der Waals surface area contributed by atoms with Crippen LogP contribution >= 0.6 is 12.2 Å². The molecule has 1 aliphatic heterocycles. The Morgan fingerprint density at radius 2 is 2.10 bits per heavy atom. The lowest BCUT2D eigenvalue weighted by Gasteiger charge is -2.13. The van der Waals surface area contributed by atoms with Crippen LogP contribution in [-0.2, 0) is 11.3 Å². The lowest BCUT2D eigenvalue weighted by molar-refractivity contribution is 0.0957. The Hall–Kier alpha value is -2.97. The largest absolute Gasteiger partial charge is 0.497 e. The van der Waals surface area contributed by atoms with Crippen LogP contribution in [0.25, 0.3) is 10.9 Å². The molecule has 2 aromatic carbocycles. The van der Waals surface area contributed by atoms with Gasteiger partial charge in [-0.05, 0) is 67.5 Å². The summed E-state index contributed by atoms with van der Waals surface area (Å²) in [4.78, 5) is 28.5. The van der Waals surface area contributed by atoms with Gasteiger partial charge >= 0.3 is 0 Å². The summed E-state index contributed by atoms with van der Waals surface area (Å²) in [5, 5.41) is 3.31. The number of nitrogens with zero attached hydrogens (tertiary/aromatic N) is 1. The zero-order valence-corrected chi connectivity index (χ0v) is 16.8. The highest BCUT2D eigenvalue weighted by Gasteiger charge is 2.18. The highest BCUT2D eigenvalue weighted by molar-refractivity contribution is 7.71. The van der Waals surface area contributed by atoms with Crippen molar-refractivity contribution in [1.82, 2.24) is 9.55 Å². The molecular formula is C21H21N3O4S. The lowest BCUT2D eigenvalue weighted by atomic mass is 10.1. The summed E-state index contributed by atoms with van der Waals surface area (Å²) in [5.74, 6) is 0.431. The first kappa shape index (κ1) is 19.4. The topological polar surface area (TPSA) is 85.3 Å². The normalized spacial score (nSPS) is 16.1. The number of aromatic nitrogens is 2. The quantitative estimate of drug-likeness (QED) is 0.628. The van der Waals surface area contributed by atoms with Gasteiger partial charge < -0.3 is 19.8 Å². The van der Waals surface area contributed by atoms with Crippen molar-refractivity contribution >= 4 is 34.7 Å². The third-order valence-corrected chi connectivity index (χ3v) is 5.32. The molecule has 0 aliphatic carbocycles. The van der Waals surface area contributed by atoms with Gasteiger partial charge in [0.1, 0.15) is 5.75 Å². The number of carbonyl (C=O) groups excluding carboxylic acids is 1. The maximum absolute atomic E-state index is 12.9. The highest BCUT2D eigenvalue weighted by atomic mass is 32.1. The monoisotopic (exact) mass is 411 g/mol. The fourth-order valence-corrected chi connectivity index (χ4v) is 3.70. The molecule has 2 heterocycles. The Morgan fingerprint density at radius 3 is 2.79 bits per heavy atom. The predicted molar refractivity (Wildman–Crippen MR) is 113 cm³/mol. The third kappa shape index (κ3) is 4.08. The number of fused-ring (bicyclic) bond motifs is 1. The van der Waals surface area contributed by atoms with Gasteiger partial charge in [-0.1, -0.05) is 0 Å². The van der Waals surface area contributed by atoms with E-state index in [2.05, 4.69) is 10.3 Å². The Kier molecular flexibility index (Phi) is 5.46. The van der Waals surface area contributed by atoms with E-state index >= 15 is 0 Å². The minimum Gasteiger partial charge on any atom is -0.497 e. The van der Waals surface area contributed by atoms with Crippen LogP contribution in [0.1, 0.15) is 23.2 Å². The second-order valence-corrected chi connectivity index (χ2v) is 7.31. The molecule has 0 radical (unpaired) electrons. The van der Waals surface area contributed by atoms with Crippen LogP contribution in [0.15, 0.2) is 47.3 Å². The Labute approximate surface area is 172 Å². The number of ether oxygens (including phenoxy) is 2. The molecule has 8 heteroatoms. The van der Waals surface area contributed by atoms with Crippen molar-refractivity contribution in [3.8, 4) is 5.75 Å². The molecule has 1 atom stereocenters. The molecule has 1 amide bonds. The Morgan fingerprint density at radius 1 is 1.31 bits per heavy atom. The number of amides is 1. The molecule has 2 N–H and O–H groups in total. The summed E-state index contributed by atoms with van der Waals surface area (Å²) in [6, 6.07) is 12.0. The van der Waals surface area contributed by atoms with Gasteiger partial charge in [-0.15, -0.1) is 0 Å². The fraction of sp³-hybridized carbons (Fsp3) is 0.286. The van der Waals surface area contributed by atoms with E-state index in [1.165, 1.54) is 4.57 Å². The van der Waals surface area contributed by atoms with Crippen molar-refractivity contribution in [2.75, 3.05) is 19.0 Å². The lowest BCUT2D eigenvalue weighted by Crippen LogP contribution is -2.28. The zero-order valence-electron chi connectivity index (χ0n) is 15.9. The maximum atomic E-state index is 12.9. The first-order valence-corrected chi connectivity index (χ1v) is 9.80. The number of aromatic amines is 1. The molecule has 3 aromatic rings. The number of benzene rings is 2. The molecule has 0 bridgehead atoms. The molecule has 150 valence electrons. The van der Waals surface area contributed by atoms with Gasteiger partial charge in [-0.25, -0.2) is 0 Å². The summed E-state index contributed by atoms with van der Waals surface area (Å²) in [5.41, 5.74) is 1.43. The molecule has 1 unspecified atom stereocenters. The van der Waals surface area contributed by atoms with E-state index in [1.807, 2.05) is 0 Å². The number of nitrogens with one attached hydrogen (secondary N) is 2. The molecule has 1 aromatic heterocycles. The minimum absolute atomic E-state index is 0.00907. The second kappa shape index (κ2) is 8.18. The van der Waals surface area contributed by atoms with Crippen molar-refractivity contribution in [3.63, 3.8) is 0 Å². The van der Waals surface area contributed by atoms with E-state index in [9.17, 15) is 9.59 Å². The molecule has 4 rings (SSSR count). The second-order valence-electron chi connectivity index (χ2n) is 6.92. The molecule has 1 saturated heterocycles. The summed E-state index contributed by atoms with van der Waals surface area (Å²) in [6.45, 7) is 1.15. The van der Waals surface area contributed by atoms with Gasteiger partial charge in [0, 0.05) is 17.9 Å². The van der Waals surface area contributed by atoms with Crippen LogP contribution in [-0.4, -0.2) is 35.3 Å². The summed E-state index contributed by atoms with van der Waals surface area (Å²) in [7, 11) is 1.58. The van der Waals surface area contributed by atoms with E-state index in [0.29, 0.717) is 39.2 Å². The SMILES string of the molecule is COc1ccc(NC(=O)c2ccc3c(=O)n(CC4CCCO4)c(=S)[nH]c3c2)cc1.